The SMILES string of the molecule is COC(=O)C(CC(=O)c1ccc(N2CCOCC2)c(C#N)c1)C(=O)OC. The number of anilines is 1. The van der Waals surface area contributed by atoms with Crippen LogP contribution in [0, 0.1) is 17.2 Å². The maximum atomic E-state index is 12.5. The molecule has 1 aromatic rings. The summed E-state index contributed by atoms with van der Waals surface area (Å²) in [7, 11) is 2.27. The number of nitrogens with zero attached hydrogens (tertiary/aromatic N) is 2. The first-order valence-electron chi connectivity index (χ1n) is 8.07. The first kappa shape index (κ1) is 19.4. The highest BCUT2D eigenvalue weighted by atomic mass is 16.5. The molecule has 0 aromatic heterocycles. The van der Waals surface area contributed by atoms with Crippen LogP contribution in [0.4, 0.5) is 5.69 Å². The summed E-state index contributed by atoms with van der Waals surface area (Å²) >= 11 is 0. The van der Waals surface area contributed by atoms with E-state index >= 15 is 0 Å². The molecule has 2 rings (SSSR count). The van der Waals surface area contributed by atoms with Gasteiger partial charge >= 0.3 is 11.9 Å². The van der Waals surface area contributed by atoms with Crippen LogP contribution < -0.4 is 4.90 Å². The number of rotatable bonds is 6. The second kappa shape index (κ2) is 8.97. The molecule has 0 spiro atoms. The molecule has 138 valence electrons. The van der Waals surface area contributed by atoms with Gasteiger partial charge in [-0.1, -0.05) is 0 Å². The lowest BCUT2D eigenvalue weighted by molar-refractivity contribution is -0.158. The maximum Gasteiger partial charge on any atom is 0.320 e. The van der Waals surface area contributed by atoms with Crippen molar-refractivity contribution in [2.24, 2.45) is 5.92 Å². The summed E-state index contributed by atoms with van der Waals surface area (Å²) in [6.07, 6.45) is -0.388. The molecule has 0 N–H and O–H groups in total. The van der Waals surface area contributed by atoms with E-state index in [1.54, 1.807) is 12.1 Å². The van der Waals surface area contributed by atoms with E-state index in [1.165, 1.54) is 6.07 Å². The van der Waals surface area contributed by atoms with Gasteiger partial charge in [-0.3, -0.25) is 14.4 Å². The first-order valence-corrected chi connectivity index (χ1v) is 8.07. The van der Waals surface area contributed by atoms with Gasteiger partial charge in [0.25, 0.3) is 0 Å². The number of methoxy groups -OCH3 is 2. The molecule has 8 nitrogen and oxygen atoms in total. The maximum absolute atomic E-state index is 12.5. The van der Waals surface area contributed by atoms with Gasteiger partial charge in [0, 0.05) is 25.1 Å². The Kier molecular flexibility index (Phi) is 6.69. The molecule has 8 heteroatoms. The fraction of sp³-hybridized carbons (Fsp3) is 0.444. The summed E-state index contributed by atoms with van der Waals surface area (Å²) in [5.41, 5.74) is 1.33. The van der Waals surface area contributed by atoms with Crippen molar-refractivity contribution in [2.45, 2.75) is 6.42 Å². The zero-order valence-corrected chi connectivity index (χ0v) is 14.7. The van der Waals surface area contributed by atoms with Crippen LogP contribution in [0.25, 0.3) is 0 Å². The molecule has 0 unspecified atom stereocenters. The summed E-state index contributed by atoms with van der Waals surface area (Å²) in [6.45, 7) is 2.47. The molecule has 1 saturated heterocycles. The van der Waals surface area contributed by atoms with Crippen LogP contribution in [0.15, 0.2) is 18.2 Å². The van der Waals surface area contributed by atoms with Gasteiger partial charge in [0.1, 0.15) is 6.07 Å². The van der Waals surface area contributed by atoms with Crippen molar-refractivity contribution in [3.8, 4) is 6.07 Å². The standard InChI is InChI=1S/C18H20N2O6/c1-24-17(22)14(18(23)25-2)10-16(21)12-3-4-15(13(9-12)11-19)20-5-7-26-8-6-20/h3-4,9,14H,5-8,10H2,1-2H3. The molecular formula is C18H20N2O6. The smallest absolute Gasteiger partial charge is 0.320 e. The van der Waals surface area contributed by atoms with E-state index in [1.807, 2.05) is 4.90 Å². The van der Waals surface area contributed by atoms with E-state index in [0.29, 0.717) is 31.9 Å². The van der Waals surface area contributed by atoms with Crippen LogP contribution in [-0.2, 0) is 23.8 Å². The van der Waals surface area contributed by atoms with Crippen LogP contribution in [0.5, 0.6) is 0 Å². The van der Waals surface area contributed by atoms with Crippen molar-refractivity contribution in [3.63, 3.8) is 0 Å². The second-order valence-electron chi connectivity index (χ2n) is 5.67. The lowest BCUT2D eigenvalue weighted by Crippen LogP contribution is -2.36. The van der Waals surface area contributed by atoms with E-state index < -0.39 is 23.6 Å². The van der Waals surface area contributed by atoms with E-state index in [9.17, 15) is 19.6 Å². The average Bonchev–Trinajstić information content (AvgIpc) is 2.70. The number of morpholine rings is 1. The van der Waals surface area contributed by atoms with Crippen molar-refractivity contribution in [1.29, 1.82) is 5.26 Å². The van der Waals surface area contributed by atoms with Crippen molar-refractivity contribution in [2.75, 3.05) is 45.4 Å². The summed E-state index contributed by atoms with van der Waals surface area (Å²) in [5.74, 6) is -3.45. The topological polar surface area (TPSA) is 106 Å². The Labute approximate surface area is 151 Å². The van der Waals surface area contributed by atoms with Gasteiger partial charge < -0.3 is 19.1 Å². The van der Waals surface area contributed by atoms with E-state index in [-0.39, 0.29) is 12.0 Å². The molecule has 0 radical (unpaired) electrons. The number of nitriles is 1. The predicted molar refractivity (Wildman–Crippen MR) is 90.7 cm³/mol. The normalized spacial score (nSPS) is 13.8. The highest BCUT2D eigenvalue weighted by Crippen LogP contribution is 2.24. The van der Waals surface area contributed by atoms with Crippen molar-refractivity contribution < 1.29 is 28.6 Å². The Morgan fingerprint density at radius 2 is 1.81 bits per heavy atom. The molecule has 0 bridgehead atoms. The highest BCUT2D eigenvalue weighted by molar-refractivity contribution is 6.04. The molecule has 0 aliphatic carbocycles. The minimum Gasteiger partial charge on any atom is -0.468 e. The third-order valence-corrected chi connectivity index (χ3v) is 4.15. The van der Waals surface area contributed by atoms with Gasteiger partial charge in [0.05, 0.1) is 38.7 Å². The molecule has 1 fully saturated rings. The van der Waals surface area contributed by atoms with Crippen LogP contribution in [0.3, 0.4) is 0 Å². The fourth-order valence-corrected chi connectivity index (χ4v) is 2.73. The van der Waals surface area contributed by atoms with Crippen LogP contribution in [0.1, 0.15) is 22.3 Å². The number of benzene rings is 1. The number of carbonyl (C=O) groups is 3. The Morgan fingerprint density at radius 3 is 2.35 bits per heavy atom. The number of ketones is 1. The van der Waals surface area contributed by atoms with E-state index in [4.69, 9.17) is 4.74 Å². The lowest BCUT2D eigenvalue weighted by atomic mass is 9.96. The summed E-state index contributed by atoms with van der Waals surface area (Å²) in [6, 6.07) is 6.84. The molecule has 1 aromatic carbocycles. The quantitative estimate of drug-likeness (QED) is 0.419. The number of hydrogen-bond acceptors (Lipinski definition) is 8. The Hall–Kier alpha value is -2.92. The van der Waals surface area contributed by atoms with Gasteiger partial charge in [0.15, 0.2) is 11.7 Å². The number of esters is 2. The minimum absolute atomic E-state index is 0.247. The lowest BCUT2D eigenvalue weighted by Gasteiger charge is -2.29. The minimum atomic E-state index is -1.33. The summed E-state index contributed by atoms with van der Waals surface area (Å²) < 4.78 is 14.4. The van der Waals surface area contributed by atoms with E-state index in [0.717, 1.165) is 19.9 Å². The molecule has 1 heterocycles. The second-order valence-corrected chi connectivity index (χ2v) is 5.67. The van der Waals surface area contributed by atoms with Crippen LogP contribution in [0.2, 0.25) is 0 Å². The largest absolute Gasteiger partial charge is 0.468 e. The molecular weight excluding hydrogens is 340 g/mol. The van der Waals surface area contributed by atoms with Gasteiger partial charge in [-0.15, -0.1) is 0 Å². The van der Waals surface area contributed by atoms with Crippen molar-refractivity contribution in [3.05, 3.63) is 29.3 Å². The van der Waals surface area contributed by atoms with Gasteiger partial charge in [-0.2, -0.15) is 5.26 Å². The zero-order chi connectivity index (χ0) is 19.1. The Morgan fingerprint density at radius 1 is 1.19 bits per heavy atom. The number of carbonyl (C=O) groups excluding carboxylic acids is 3. The highest BCUT2D eigenvalue weighted by Gasteiger charge is 2.31. The Balaban J connectivity index is 2.22. The Bertz CT molecular complexity index is 718. The fourth-order valence-electron chi connectivity index (χ4n) is 2.73. The van der Waals surface area contributed by atoms with Crippen LogP contribution in [-0.4, -0.2) is 58.2 Å². The summed E-state index contributed by atoms with van der Waals surface area (Å²) in [5, 5.41) is 9.42. The molecule has 0 amide bonds. The number of ether oxygens (including phenoxy) is 3. The average molecular weight is 360 g/mol. The predicted octanol–water partition coefficient (Wildman–Crippen LogP) is 0.930. The van der Waals surface area contributed by atoms with Gasteiger partial charge in [-0.05, 0) is 18.2 Å². The van der Waals surface area contributed by atoms with Gasteiger partial charge in [-0.25, -0.2) is 0 Å². The number of Topliss-reactive ketones (excluding diaryl/α,β-unsaturated/α-hetero) is 1. The molecule has 26 heavy (non-hydrogen) atoms. The van der Waals surface area contributed by atoms with Crippen molar-refractivity contribution in [1.82, 2.24) is 0 Å². The monoisotopic (exact) mass is 360 g/mol. The molecule has 1 aliphatic rings. The van der Waals surface area contributed by atoms with E-state index in [2.05, 4.69) is 15.5 Å². The molecule has 0 atom stereocenters. The van der Waals surface area contributed by atoms with Crippen molar-refractivity contribution >= 4 is 23.4 Å². The van der Waals surface area contributed by atoms with Crippen LogP contribution >= 0.6 is 0 Å². The van der Waals surface area contributed by atoms with Gasteiger partial charge in [0.2, 0.25) is 0 Å². The third kappa shape index (κ3) is 4.37. The number of hydrogen-bond donors (Lipinski definition) is 0. The zero-order valence-electron chi connectivity index (χ0n) is 14.7. The molecule has 1 aliphatic heterocycles. The summed E-state index contributed by atoms with van der Waals surface area (Å²) in [4.78, 5) is 37.9. The first-order chi connectivity index (χ1) is 12.5. The third-order valence-electron chi connectivity index (χ3n) is 4.15. The molecule has 0 saturated carbocycles.